The normalized spacial score (nSPS) is 11.2. The minimum atomic E-state index is -0.199. The van der Waals surface area contributed by atoms with Gasteiger partial charge >= 0.3 is 0 Å². The molecule has 0 aliphatic rings. The van der Waals surface area contributed by atoms with Crippen molar-refractivity contribution in [3.8, 4) is 5.75 Å². The number of nitrogens with one attached hydrogen (secondary N) is 1. The standard InChI is InChI=1S/C16H15ClN2O2/c1-11(13-4-8-15(20)9-5-13)18-19-16(21)10-12-2-6-14(17)7-3-12/h2-9,20H,10H2,1H3,(H,19,21)/b18-11+. The van der Waals surface area contributed by atoms with Gasteiger partial charge in [-0.15, -0.1) is 0 Å². The Morgan fingerprint density at radius 3 is 2.38 bits per heavy atom. The van der Waals surface area contributed by atoms with Crippen LogP contribution in [0.3, 0.4) is 0 Å². The lowest BCUT2D eigenvalue weighted by atomic mass is 10.1. The number of hydrogen-bond donors (Lipinski definition) is 2. The summed E-state index contributed by atoms with van der Waals surface area (Å²) in [6.45, 7) is 1.79. The van der Waals surface area contributed by atoms with Gasteiger partial charge in [-0.2, -0.15) is 5.10 Å². The topological polar surface area (TPSA) is 61.7 Å². The molecule has 0 saturated heterocycles. The summed E-state index contributed by atoms with van der Waals surface area (Å²) < 4.78 is 0. The van der Waals surface area contributed by atoms with E-state index in [2.05, 4.69) is 10.5 Å². The highest BCUT2D eigenvalue weighted by atomic mass is 35.5. The number of aromatic hydroxyl groups is 1. The molecule has 0 unspecified atom stereocenters. The number of halogens is 1. The maximum Gasteiger partial charge on any atom is 0.244 e. The highest BCUT2D eigenvalue weighted by molar-refractivity contribution is 6.30. The van der Waals surface area contributed by atoms with Gasteiger partial charge < -0.3 is 5.11 Å². The van der Waals surface area contributed by atoms with Gasteiger partial charge in [-0.1, -0.05) is 23.7 Å². The number of hydrogen-bond acceptors (Lipinski definition) is 3. The first-order chi connectivity index (χ1) is 10.0. The Morgan fingerprint density at radius 2 is 1.76 bits per heavy atom. The van der Waals surface area contributed by atoms with Gasteiger partial charge in [0.2, 0.25) is 5.91 Å². The molecule has 1 amide bonds. The van der Waals surface area contributed by atoms with Crippen molar-refractivity contribution >= 4 is 23.2 Å². The molecule has 0 atom stereocenters. The van der Waals surface area contributed by atoms with Crippen molar-refractivity contribution in [3.05, 3.63) is 64.7 Å². The highest BCUT2D eigenvalue weighted by Gasteiger charge is 2.03. The average Bonchev–Trinajstić information content (AvgIpc) is 2.48. The van der Waals surface area contributed by atoms with E-state index in [1.165, 1.54) is 0 Å². The molecule has 4 nitrogen and oxygen atoms in total. The molecule has 0 aromatic heterocycles. The second kappa shape index (κ2) is 6.90. The van der Waals surface area contributed by atoms with Gasteiger partial charge in [0.1, 0.15) is 5.75 Å². The summed E-state index contributed by atoms with van der Waals surface area (Å²) in [5.74, 6) is -0.00576. The fraction of sp³-hybridized carbons (Fsp3) is 0.125. The van der Waals surface area contributed by atoms with Crippen molar-refractivity contribution in [1.82, 2.24) is 5.43 Å². The van der Waals surface area contributed by atoms with Gasteiger partial charge in [-0.3, -0.25) is 4.79 Å². The molecule has 0 aliphatic heterocycles. The van der Waals surface area contributed by atoms with E-state index in [1.54, 1.807) is 55.5 Å². The molecule has 0 saturated carbocycles. The lowest BCUT2D eigenvalue weighted by Crippen LogP contribution is -2.21. The van der Waals surface area contributed by atoms with Crippen LogP contribution in [0.15, 0.2) is 53.6 Å². The van der Waals surface area contributed by atoms with E-state index in [9.17, 15) is 9.90 Å². The molecule has 0 fully saturated rings. The quantitative estimate of drug-likeness (QED) is 0.673. The third kappa shape index (κ3) is 4.61. The average molecular weight is 303 g/mol. The summed E-state index contributed by atoms with van der Waals surface area (Å²) in [7, 11) is 0. The van der Waals surface area contributed by atoms with E-state index in [-0.39, 0.29) is 18.1 Å². The van der Waals surface area contributed by atoms with Gasteiger partial charge in [0, 0.05) is 5.02 Å². The Balaban J connectivity index is 1.94. The molecule has 0 heterocycles. The predicted octanol–water partition coefficient (Wildman–Crippen LogP) is 3.13. The van der Waals surface area contributed by atoms with E-state index in [0.29, 0.717) is 10.7 Å². The van der Waals surface area contributed by atoms with Crippen LogP contribution >= 0.6 is 11.6 Å². The zero-order valence-electron chi connectivity index (χ0n) is 11.5. The molecule has 0 spiro atoms. The smallest absolute Gasteiger partial charge is 0.244 e. The number of phenolic OH excluding ortho intramolecular Hbond substituents is 1. The number of carbonyl (C=O) groups excluding carboxylic acids is 1. The fourth-order valence-electron chi connectivity index (χ4n) is 1.74. The van der Waals surface area contributed by atoms with E-state index in [4.69, 9.17) is 11.6 Å². The predicted molar refractivity (Wildman–Crippen MR) is 83.6 cm³/mol. The summed E-state index contributed by atoms with van der Waals surface area (Å²) in [5, 5.41) is 13.9. The maximum atomic E-state index is 11.8. The van der Waals surface area contributed by atoms with E-state index < -0.39 is 0 Å². The number of amides is 1. The first-order valence-corrected chi connectivity index (χ1v) is 6.79. The molecule has 2 aromatic rings. The molecule has 0 bridgehead atoms. The lowest BCUT2D eigenvalue weighted by molar-refractivity contribution is -0.120. The number of nitrogens with zero attached hydrogens (tertiary/aromatic N) is 1. The third-order valence-electron chi connectivity index (χ3n) is 2.91. The molecule has 0 radical (unpaired) electrons. The van der Waals surface area contributed by atoms with Crippen molar-refractivity contribution in [2.75, 3.05) is 0 Å². The molecule has 2 aromatic carbocycles. The number of carbonyl (C=O) groups is 1. The van der Waals surface area contributed by atoms with E-state index >= 15 is 0 Å². The van der Waals surface area contributed by atoms with Crippen LogP contribution in [0.25, 0.3) is 0 Å². The van der Waals surface area contributed by atoms with Gasteiger partial charge in [-0.05, 0) is 54.4 Å². The van der Waals surface area contributed by atoms with Gasteiger partial charge in [-0.25, -0.2) is 5.43 Å². The summed E-state index contributed by atoms with van der Waals surface area (Å²) >= 11 is 5.79. The van der Waals surface area contributed by atoms with E-state index in [0.717, 1.165) is 11.1 Å². The van der Waals surface area contributed by atoms with E-state index in [1.807, 2.05) is 0 Å². The third-order valence-corrected chi connectivity index (χ3v) is 3.16. The molecular formula is C16H15ClN2O2. The second-order valence-electron chi connectivity index (χ2n) is 4.58. The van der Waals surface area contributed by atoms with Crippen LogP contribution < -0.4 is 5.43 Å². The van der Waals surface area contributed by atoms with Gasteiger partial charge in [0.15, 0.2) is 0 Å². The van der Waals surface area contributed by atoms with Crippen LogP contribution in [0, 0.1) is 0 Å². The minimum Gasteiger partial charge on any atom is -0.508 e. The summed E-state index contributed by atoms with van der Waals surface area (Å²) in [6.07, 6.45) is 0.240. The Morgan fingerprint density at radius 1 is 1.14 bits per heavy atom. The Bertz CT molecular complexity index is 649. The van der Waals surface area contributed by atoms with Crippen LogP contribution in [0.2, 0.25) is 5.02 Å². The lowest BCUT2D eigenvalue weighted by Gasteiger charge is -2.04. The van der Waals surface area contributed by atoms with Crippen LogP contribution in [0.4, 0.5) is 0 Å². The van der Waals surface area contributed by atoms with Crippen LogP contribution in [-0.4, -0.2) is 16.7 Å². The zero-order chi connectivity index (χ0) is 15.2. The molecule has 0 aliphatic carbocycles. The van der Waals surface area contributed by atoms with Gasteiger partial charge in [0.05, 0.1) is 12.1 Å². The number of rotatable bonds is 4. The van der Waals surface area contributed by atoms with Crippen LogP contribution in [0.5, 0.6) is 5.75 Å². The summed E-state index contributed by atoms with van der Waals surface area (Å²) in [5.41, 5.74) is 4.88. The van der Waals surface area contributed by atoms with Crippen molar-refractivity contribution < 1.29 is 9.90 Å². The van der Waals surface area contributed by atoms with Crippen LogP contribution in [0.1, 0.15) is 18.1 Å². The number of benzene rings is 2. The van der Waals surface area contributed by atoms with Crippen molar-refractivity contribution in [3.63, 3.8) is 0 Å². The fourth-order valence-corrected chi connectivity index (χ4v) is 1.87. The Labute approximate surface area is 128 Å². The van der Waals surface area contributed by atoms with Crippen LogP contribution in [-0.2, 0) is 11.2 Å². The number of phenols is 1. The molecule has 2 rings (SSSR count). The molecule has 2 N–H and O–H groups in total. The molecule has 5 heteroatoms. The Hall–Kier alpha value is -2.33. The summed E-state index contributed by atoms with van der Waals surface area (Å²) in [6, 6.07) is 13.7. The Kier molecular flexibility index (Phi) is 4.95. The molecule has 21 heavy (non-hydrogen) atoms. The summed E-state index contributed by atoms with van der Waals surface area (Å²) in [4.78, 5) is 11.8. The second-order valence-corrected chi connectivity index (χ2v) is 5.02. The number of hydrazone groups is 1. The molecule has 108 valence electrons. The monoisotopic (exact) mass is 302 g/mol. The van der Waals surface area contributed by atoms with Crippen molar-refractivity contribution in [2.45, 2.75) is 13.3 Å². The largest absolute Gasteiger partial charge is 0.508 e. The van der Waals surface area contributed by atoms with Crippen molar-refractivity contribution in [1.29, 1.82) is 0 Å². The first-order valence-electron chi connectivity index (χ1n) is 6.41. The first kappa shape index (κ1) is 15.1. The minimum absolute atomic E-state index is 0.193. The van der Waals surface area contributed by atoms with Gasteiger partial charge in [0.25, 0.3) is 0 Å². The highest BCUT2D eigenvalue weighted by Crippen LogP contribution is 2.11. The maximum absolute atomic E-state index is 11.8. The SMILES string of the molecule is C/C(=N\NC(=O)Cc1ccc(Cl)cc1)c1ccc(O)cc1. The van der Waals surface area contributed by atoms with Crippen molar-refractivity contribution in [2.24, 2.45) is 5.10 Å². The zero-order valence-corrected chi connectivity index (χ0v) is 12.3. The molecular weight excluding hydrogens is 288 g/mol.